The predicted octanol–water partition coefficient (Wildman–Crippen LogP) is 5.74. The highest BCUT2D eigenvalue weighted by molar-refractivity contribution is 7.12. The van der Waals surface area contributed by atoms with Gasteiger partial charge in [0.05, 0.1) is 5.38 Å². The SMILES string of the molecule is CCc1ccc(C(Cl)c2cc(C)c(F)cc2Cl)s1. The maximum atomic E-state index is 13.4. The minimum atomic E-state index is -0.318. The van der Waals surface area contributed by atoms with E-state index in [9.17, 15) is 4.39 Å². The highest BCUT2D eigenvalue weighted by Crippen LogP contribution is 2.38. The number of hydrogen-bond acceptors (Lipinski definition) is 1. The van der Waals surface area contributed by atoms with Crippen molar-refractivity contribution in [1.82, 2.24) is 0 Å². The Morgan fingerprint density at radius 2 is 2.06 bits per heavy atom. The number of alkyl halides is 1. The predicted molar refractivity (Wildman–Crippen MR) is 77.5 cm³/mol. The Morgan fingerprint density at radius 1 is 1.33 bits per heavy atom. The standard InChI is InChI=1S/C14H13Cl2FS/c1-3-9-4-5-13(18-9)14(16)10-6-8(2)12(17)7-11(10)15/h4-7,14H,3H2,1-2H3. The number of benzene rings is 1. The van der Waals surface area contributed by atoms with Crippen molar-refractivity contribution in [2.45, 2.75) is 25.6 Å². The second-order valence-corrected chi connectivity index (χ2v) is 6.19. The molecule has 18 heavy (non-hydrogen) atoms. The van der Waals surface area contributed by atoms with Gasteiger partial charge in [-0.05, 0) is 48.7 Å². The lowest BCUT2D eigenvalue weighted by molar-refractivity contribution is 0.618. The summed E-state index contributed by atoms with van der Waals surface area (Å²) < 4.78 is 13.4. The van der Waals surface area contributed by atoms with Gasteiger partial charge in [0.15, 0.2) is 0 Å². The van der Waals surface area contributed by atoms with Crippen molar-refractivity contribution in [3.63, 3.8) is 0 Å². The first kappa shape index (κ1) is 13.9. The molecule has 0 saturated heterocycles. The van der Waals surface area contributed by atoms with Gasteiger partial charge < -0.3 is 0 Å². The first-order valence-electron chi connectivity index (χ1n) is 5.71. The number of rotatable bonds is 3. The smallest absolute Gasteiger partial charge is 0.127 e. The average molecular weight is 303 g/mol. The molecule has 0 radical (unpaired) electrons. The maximum absolute atomic E-state index is 13.4. The molecule has 0 bridgehead atoms. The van der Waals surface area contributed by atoms with E-state index in [1.807, 2.05) is 6.07 Å². The van der Waals surface area contributed by atoms with E-state index in [-0.39, 0.29) is 11.2 Å². The molecule has 0 amide bonds. The van der Waals surface area contributed by atoms with Gasteiger partial charge >= 0.3 is 0 Å². The van der Waals surface area contributed by atoms with Crippen LogP contribution in [0, 0.1) is 12.7 Å². The molecule has 0 N–H and O–H groups in total. The van der Waals surface area contributed by atoms with Crippen LogP contribution in [0.25, 0.3) is 0 Å². The van der Waals surface area contributed by atoms with E-state index in [2.05, 4.69) is 13.0 Å². The quantitative estimate of drug-likeness (QED) is 0.634. The Hall–Kier alpha value is -0.570. The van der Waals surface area contributed by atoms with Crippen LogP contribution in [0.2, 0.25) is 5.02 Å². The Bertz CT molecular complexity index is 563. The van der Waals surface area contributed by atoms with Crippen molar-refractivity contribution >= 4 is 34.5 Å². The van der Waals surface area contributed by atoms with Crippen LogP contribution in [-0.4, -0.2) is 0 Å². The van der Waals surface area contributed by atoms with E-state index in [1.54, 1.807) is 24.3 Å². The number of thiophene rings is 1. The van der Waals surface area contributed by atoms with Crippen molar-refractivity contribution in [3.05, 3.63) is 56.0 Å². The first-order chi connectivity index (χ1) is 8.52. The van der Waals surface area contributed by atoms with Crippen LogP contribution >= 0.6 is 34.5 Å². The van der Waals surface area contributed by atoms with E-state index >= 15 is 0 Å². The molecule has 2 rings (SSSR count). The highest BCUT2D eigenvalue weighted by atomic mass is 35.5. The van der Waals surface area contributed by atoms with Crippen molar-refractivity contribution in [1.29, 1.82) is 0 Å². The third-order valence-electron chi connectivity index (χ3n) is 2.83. The summed E-state index contributed by atoms with van der Waals surface area (Å²) in [4.78, 5) is 2.33. The summed E-state index contributed by atoms with van der Waals surface area (Å²) in [5.74, 6) is -0.298. The van der Waals surface area contributed by atoms with Crippen molar-refractivity contribution < 1.29 is 4.39 Å². The van der Waals surface area contributed by atoms with Crippen LogP contribution in [0.5, 0.6) is 0 Å². The average Bonchev–Trinajstić information content (AvgIpc) is 2.81. The molecule has 96 valence electrons. The lowest BCUT2D eigenvalue weighted by Crippen LogP contribution is -1.95. The molecular formula is C14H13Cl2FS. The molecule has 0 fully saturated rings. The summed E-state index contributed by atoms with van der Waals surface area (Å²) in [7, 11) is 0. The fourth-order valence-electron chi connectivity index (χ4n) is 1.75. The van der Waals surface area contributed by atoms with E-state index in [0.717, 1.165) is 16.9 Å². The zero-order valence-corrected chi connectivity index (χ0v) is 12.5. The normalized spacial score (nSPS) is 12.7. The minimum absolute atomic E-state index is 0.298. The molecule has 1 unspecified atom stereocenters. The molecule has 0 aliphatic carbocycles. The molecule has 1 atom stereocenters. The fourth-order valence-corrected chi connectivity index (χ4v) is 3.40. The topological polar surface area (TPSA) is 0 Å². The summed E-state index contributed by atoms with van der Waals surface area (Å²) >= 11 is 14.2. The van der Waals surface area contributed by atoms with Crippen LogP contribution in [-0.2, 0) is 6.42 Å². The maximum Gasteiger partial charge on any atom is 0.127 e. The zero-order valence-electron chi connectivity index (χ0n) is 10.1. The van der Waals surface area contributed by atoms with Crippen LogP contribution in [0.15, 0.2) is 24.3 Å². The molecule has 0 aliphatic rings. The van der Waals surface area contributed by atoms with Gasteiger partial charge in [-0.2, -0.15) is 0 Å². The van der Waals surface area contributed by atoms with E-state index in [1.165, 1.54) is 10.9 Å². The van der Waals surface area contributed by atoms with Crippen LogP contribution < -0.4 is 0 Å². The third kappa shape index (κ3) is 2.71. The Morgan fingerprint density at radius 3 is 2.67 bits per heavy atom. The summed E-state index contributed by atoms with van der Waals surface area (Å²) in [5.41, 5.74) is 1.33. The molecular weight excluding hydrogens is 290 g/mol. The Balaban J connectivity index is 2.39. The van der Waals surface area contributed by atoms with Gasteiger partial charge in [-0.25, -0.2) is 4.39 Å². The number of halogens is 3. The third-order valence-corrected chi connectivity index (χ3v) is 5.05. The summed E-state index contributed by atoms with van der Waals surface area (Å²) in [6.07, 6.45) is 0.991. The van der Waals surface area contributed by atoms with Crippen molar-refractivity contribution in [2.75, 3.05) is 0 Å². The van der Waals surface area contributed by atoms with Gasteiger partial charge in [0.25, 0.3) is 0 Å². The molecule has 0 aliphatic heterocycles. The van der Waals surface area contributed by atoms with Gasteiger partial charge in [0, 0.05) is 14.8 Å². The van der Waals surface area contributed by atoms with Gasteiger partial charge in [0.1, 0.15) is 5.82 Å². The summed E-state index contributed by atoms with van der Waals surface area (Å²) in [5, 5.41) is 0.0617. The second kappa shape index (κ2) is 5.60. The van der Waals surface area contributed by atoms with Gasteiger partial charge in [-0.3, -0.25) is 0 Å². The van der Waals surface area contributed by atoms with Gasteiger partial charge in [-0.15, -0.1) is 22.9 Å². The molecule has 4 heteroatoms. The largest absolute Gasteiger partial charge is 0.207 e. The van der Waals surface area contributed by atoms with E-state index < -0.39 is 0 Å². The molecule has 0 nitrogen and oxygen atoms in total. The monoisotopic (exact) mass is 302 g/mol. The summed E-state index contributed by atoms with van der Waals surface area (Å²) in [6.45, 7) is 3.82. The van der Waals surface area contributed by atoms with Crippen LogP contribution in [0.4, 0.5) is 4.39 Å². The van der Waals surface area contributed by atoms with Gasteiger partial charge in [-0.1, -0.05) is 18.5 Å². The summed E-state index contributed by atoms with van der Waals surface area (Å²) in [6, 6.07) is 7.13. The fraction of sp³-hybridized carbons (Fsp3) is 0.286. The minimum Gasteiger partial charge on any atom is -0.207 e. The molecule has 0 spiro atoms. The van der Waals surface area contributed by atoms with Crippen molar-refractivity contribution in [2.24, 2.45) is 0 Å². The number of aryl methyl sites for hydroxylation is 2. The lowest BCUT2D eigenvalue weighted by Gasteiger charge is -2.11. The molecule has 1 aromatic heterocycles. The van der Waals surface area contributed by atoms with E-state index in [4.69, 9.17) is 23.2 Å². The second-order valence-electron chi connectivity index (χ2n) is 4.14. The highest BCUT2D eigenvalue weighted by Gasteiger charge is 2.17. The lowest BCUT2D eigenvalue weighted by atomic mass is 10.1. The zero-order chi connectivity index (χ0) is 13.3. The molecule has 1 heterocycles. The Kier molecular flexibility index (Phi) is 4.31. The molecule has 0 saturated carbocycles. The Labute approximate surface area is 120 Å². The molecule has 1 aromatic carbocycles. The van der Waals surface area contributed by atoms with Gasteiger partial charge in [0.2, 0.25) is 0 Å². The van der Waals surface area contributed by atoms with Crippen molar-refractivity contribution in [3.8, 4) is 0 Å². The first-order valence-corrected chi connectivity index (χ1v) is 7.34. The molecule has 2 aromatic rings. The van der Waals surface area contributed by atoms with Crippen LogP contribution in [0.3, 0.4) is 0 Å². The van der Waals surface area contributed by atoms with Crippen LogP contribution in [0.1, 0.15) is 33.2 Å². The number of hydrogen-bond donors (Lipinski definition) is 0. The van der Waals surface area contributed by atoms with E-state index in [0.29, 0.717) is 10.6 Å².